The first kappa shape index (κ1) is 32.7. The van der Waals surface area contributed by atoms with Crippen LogP contribution in [0.3, 0.4) is 0 Å². The standard InChI is InChI=1S/C32H32FN5O4.K/c1-5-9-27-35-26(6-2)29(21-14-15-28(34-17-21)41-19(3)4)31(39)38(27)18-22-13-12-20(16-25(22)33)23-10-7-8-11-24(23)30-36-32(40)42-37-30;/h7-8,10-17,19H,5-6,9,18H2,1-4H3,(H,36,37,40);. The van der Waals surface area contributed by atoms with Crippen LogP contribution in [0.15, 0.2) is 74.9 Å². The Balaban J connectivity index is 0.00000423. The summed E-state index contributed by atoms with van der Waals surface area (Å²) >= 11 is 0. The molecule has 0 unspecified atom stereocenters. The maximum absolute atomic E-state index is 15.7. The first-order valence-electron chi connectivity index (χ1n) is 14.0. The van der Waals surface area contributed by atoms with Crippen molar-refractivity contribution in [1.29, 1.82) is 0 Å². The van der Waals surface area contributed by atoms with Crippen LogP contribution in [0.25, 0.3) is 33.6 Å². The van der Waals surface area contributed by atoms with Crippen molar-refractivity contribution in [1.82, 2.24) is 24.7 Å². The van der Waals surface area contributed by atoms with Gasteiger partial charge in [0.15, 0.2) is 5.82 Å². The van der Waals surface area contributed by atoms with Crippen molar-refractivity contribution in [2.45, 2.75) is 59.6 Å². The monoisotopic (exact) mass is 608 g/mol. The van der Waals surface area contributed by atoms with E-state index in [0.717, 1.165) is 6.42 Å². The van der Waals surface area contributed by atoms with Gasteiger partial charge in [-0.1, -0.05) is 55.4 Å². The molecule has 1 N–H and O–H groups in total. The van der Waals surface area contributed by atoms with Gasteiger partial charge < -0.3 is 4.74 Å². The van der Waals surface area contributed by atoms with Gasteiger partial charge in [0.2, 0.25) is 5.88 Å². The van der Waals surface area contributed by atoms with Crippen LogP contribution < -0.4 is 16.1 Å². The Morgan fingerprint density at radius 2 is 1.77 bits per heavy atom. The van der Waals surface area contributed by atoms with Gasteiger partial charge in [-0.3, -0.25) is 18.9 Å². The topological polar surface area (TPSA) is 116 Å². The number of hydrogen-bond acceptors (Lipinski definition) is 7. The molecular weight excluding hydrogens is 576 g/mol. The summed E-state index contributed by atoms with van der Waals surface area (Å²) in [5, 5.41) is 3.78. The minimum absolute atomic E-state index is 0. The average molecular weight is 609 g/mol. The third kappa shape index (κ3) is 7.30. The number of pyridine rings is 1. The Bertz CT molecular complexity index is 1830. The predicted octanol–water partition coefficient (Wildman–Crippen LogP) is 5.42. The number of rotatable bonds is 10. The van der Waals surface area contributed by atoms with Gasteiger partial charge in [0.1, 0.15) is 11.6 Å². The maximum Gasteiger partial charge on any atom is 0.439 e. The molecule has 217 valence electrons. The molecule has 1 radical (unpaired) electrons. The number of nitrogens with zero attached hydrogens (tertiary/aromatic N) is 4. The van der Waals surface area contributed by atoms with Crippen molar-refractivity contribution < 1.29 is 13.7 Å². The molecule has 0 saturated heterocycles. The van der Waals surface area contributed by atoms with Gasteiger partial charge in [-0.05, 0) is 49.9 Å². The van der Waals surface area contributed by atoms with E-state index in [0.29, 0.717) is 63.6 Å². The number of aryl methyl sites for hydroxylation is 2. The van der Waals surface area contributed by atoms with Gasteiger partial charge in [0, 0.05) is 86.8 Å². The number of benzene rings is 2. The van der Waals surface area contributed by atoms with Crippen LogP contribution in [0.4, 0.5) is 4.39 Å². The van der Waals surface area contributed by atoms with Gasteiger partial charge in [-0.25, -0.2) is 19.2 Å². The molecule has 0 amide bonds. The Morgan fingerprint density at radius 3 is 2.37 bits per heavy atom. The van der Waals surface area contributed by atoms with E-state index < -0.39 is 11.6 Å². The maximum atomic E-state index is 15.7. The fourth-order valence-corrected chi connectivity index (χ4v) is 4.91. The van der Waals surface area contributed by atoms with Crippen LogP contribution in [0, 0.1) is 5.82 Å². The number of aromatic amines is 1. The minimum Gasteiger partial charge on any atom is -0.475 e. The Kier molecular flexibility index (Phi) is 11.0. The molecule has 0 spiro atoms. The summed E-state index contributed by atoms with van der Waals surface area (Å²) in [5.41, 5.74) is 3.73. The Morgan fingerprint density at radius 1 is 1.02 bits per heavy atom. The summed E-state index contributed by atoms with van der Waals surface area (Å²) in [4.78, 5) is 37.3. The van der Waals surface area contributed by atoms with Crippen LogP contribution in [0.1, 0.15) is 51.2 Å². The van der Waals surface area contributed by atoms with Crippen molar-refractivity contribution >= 4 is 51.4 Å². The van der Waals surface area contributed by atoms with E-state index >= 15 is 4.39 Å². The quantitative estimate of drug-likeness (QED) is 0.210. The van der Waals surface area contributed by atoms with Gasteiger partial charge >= 0.3 is 5.76 Å². The van der Waals surface area contributed by atoms with Crippen LogP contribution in [-0.4, -0.2) is 82.2 Å². The van der Waals surface area contributed by atoms with Crippen LogP contribution in [0.5, 0.6) is 5.88 Å². The third-order valence-corrected chi connectivity index (χ3v) is 6.83. The number of hydrogen-bond donors (Lipinski definition) is 1. The number of halogens is 1. The molecule has 5 rings (SSSR count). The van der Waals surface area contributed by atoms with E-state index in [1.807, 2.05) is 39.8 Å². The van der Waals surface area contributed by atoms with Crippen molar-refractivity contribution in [3.8, 4) is 39.5 Å². The fraction of sp³-hybridized carbons (Fsp3) is 0.281. The summed E-state index contributed by atoms with van der Waals surface area (Å²) in [6, 6.07) is 15.6. The summed E-state index contributed by atoms with van der Waals surface area (Å²) in [6.45, 7) is 7.83. The molecular formula is C32H32FKN5O4. The summed E-state index contributed by atoms with van der Waals surface area (Å²) in [7, 11) is 0. The minimum atomic E-state index is -0.674. The van der Waals surface area contributed by atoms with E-state index in [4.69, 9.17) is 9.72 Å². The number of ether oxygens (including phenoxy) is 1. The zero-order valence-electron chi connectivity index (χ0n) is 25.0. The molecule has 5 aromatic rings. The van der Waals surface area contributed by atoms with E-state index in [-0.39, 0.29) is 75.4 Å². The molecule has 0 fully saturated rings. The number of aromatic nitrogens is 5. The van der Waals surface area contributed by atoms with E-state index in [1.165, 1.54) is 6.07 Å². The molecule has 0 atom stereocenters. The van der Waals surface area contributed by atoms with Crippen molar-refractivity contribution in [3.63, 3.8) is 0 Å². The normalized spacial score (nSPS) is 11.0. The van der Waals surface area contributed by atoms with Gasteiger partial charge in [-0.15, -0.1) is 0 Å². The smallest absolute Gasteiger partial charge is 0.439 e. The zero-order chi connectivity index (χ0) is 29.8. The average Bonchev–Trinajstić information content (AvgIpc) is 3.42. The van der Waals surface area contributed by atoms with Gasteiger partial charge in [0.05, 0.1) is 23.9 Å². The SMILES string of the molecule is CCCc1nc(CC)c(-c2ccc(OC(C)C)nc2)c(=O)n1Cc1ccc(-c2ccccc2-c2noc(=O)[nH]2)cc1F.[K]. The third-order valence-electron chi connectivity index (χ3n) is 6.83. The molecule has 0 aliphatic heterocycles. The van der Waals surface area contributed by atoms with E-state index in [9.17, 15) is 9.59 Å². The van der Waals surface area contributed by atoms with Gasteiger partial charge in [-0.2, -0.15) is 0 Å². The summed E-state index contributed by atoms with van der Waals surface area (Å²) in [5.74, 6) is 0.195. The molecule has 2 aromatic carbocycles. The zero-order valence-corrected chi connectivity index (χ0v) is 28.1. The first-order chi connectivity index (χ1) is 20.3. The van der Waals surface area contributed by atoms with E-state index in [1.54, 1.807) is 47.2 Å². The second kappa shape index (κ2) is 14.5. The Labute approximate surface area is 291 Å². The molecule has 0 aliphatic carbocycles. The number of H-pyrrole nitrogens is 1. The van der Waals surface area contributed by atoms with E-state index in [2.05, 4.69) is 19.6 Å². The summed E-state index contributed by atoms with van der Waals surface area (Å²) in [6.07, 6.45) is 3.51. The fourth-order valence-electron chi connectivity index (χ4n) is 4.91. The molecule has 3 aromatic heterocycles. The predicted molar refractivity (Wildman–Crippen MR) is 164 cm³/mol. The number of nitrogens with one attached hydrogen (secondary N) is 1. The molecule has 9 nitrogen and oxygen atoms in total. The second-order valence-corrected chi connectivity index (χ2v) is 10.2. The van der Waals surface area contributed by atoms with Crippen molar-refractivity contribution in [2.75, 3.05) is 0 Å². The molecule has 11 heteroatoms. The molecule has 3 heterocycles. The van der Waals surface area contributed by atoms with Crippen LogP contribution in [0.2, 0.25) is 0 Å². The Hall–Kier alpha value is -3.22. The summed E-state index contributed by atoms with van der Waals surface area (Å²) < 4.78 is 27.5. The second-order valence-electron chi connectivity index (χ2n) is 10.2. The van der Waals surface area contributed by atoms with Gasteiger partial charge in [0.25, 0.3) is 5.56 Å². The first-order valence-corrected chi connectivity index (χ1v) is 14.0. The molecule has 43 heavy (non-hydrogen) atoms. The van der Waals surface area contributed by atoms with Crippen molar-refractivity contribution in [3.05, 3.63) is 105 Å². The van der Waals surface area contributed by atoms with Crippen LogP contribution >= 0.6 is 0 Å². The van der Waals surface area contributed by atoms with Crippen molar-refractivity contribution in [2.24, 2.45) is 0 Å². The molecule has 0 saturated carbocycles. The molecule has 0 bridgehead atoms. The van der Waals surface area contributed by atoms with Crippen LogP contribution in [-0.2, 0) is 19.4 Å². The largest absolute Gasteiger partial charge is 0.475 e. The molecule has 0 aliphatic rings.